The lowest BCUT2D eigenvalue weighted by atomic mass is 10.0. The highest BCUT2D eigenvalue weighted by Gasteiger charge is 2.22. The van der Waals surface area contributed by atoms with Gasteiger partial charge in [0.2, 0.25) is 5.75 Å². The molecule has 2 rings (SSSR count). The molecule has 4 heteroatoms. The van der Waals surface area contributed by atoms with E-state index in [0.717, 1.165) is 42.2 Å². The maximum Gasteiger partial charge on any atom is 0.203 e. The van der Waals surface area contributed by atoms with Crippen LogP contribution in [-0.2, 0) is 6.42 Å². The number of rotatable bonds is 9. The fourth-order valence-electron chi connectivity index (χ4n) is 2.38. The summed E-state index contributed by atoms with van der Waals surface area (Å²) >= 11 is 0. The third-order valence-corrected chi connectivity index (χ3v) is 4.01. The van der Waals surface area contributed by atoms with Gasteiger partial charge < -0.3 is 19.9 Å². The summed E-state index contributed by atoms with van der Waals surface area (Å²) in [5.41, 5.74) is 7.15. The number of nitrogens with two attached hydrogens (primary N) is 1. The Morgan fingerprint density at radius 1 is 1.19 bits per heavy atom. The summed E-state index contributed by atoms with van der Waals surface area (Å²) in [6.45, 7) is 2.81. The number of hydrogen-bond donors (Lipinski definition) is 1. The zero-order valence-corrected chi connectivity index (χ0v) is 13.4. The molecule has 0 heterocycles. The first-order valence-electron chi connectivity index (χ1n) is 7.81. The van der Waals surface area contributed by atoms with Gasteiger partial charge in [-0.15, -0.1) is 0 Å². The van der Waals surface area contributed by atoms with Crippen LogP contribution < -0.4 is 19.9 Å². The average molecular weight is 293 g/mol. The molecule has 1 fully saturated rings. The predicted molar refractivity (Wildman–Crippen MR) is 84.4 cm³/mol. The van der Waals surface area contributed by atoms with Crippen molar-refractivity contribution in [3.8, 4) is 17.2 Å². The number of benzene rings is 1. The molecule has 1 atom stereocenters. The molecule has 0 saturated heterocycles. The van der Waals surface area contributed by atoms with Gasteiger partial charge in [0.25, 0.3) is 0 Å². The Hall–Kier alpha value is -1.42. The Morgan fingerprint density at radius 2 is 1.81 bits per heavy atom. The molecule has 1 unspecified atom stereocenters. The Bertz CT molecular complexity index is 432. The van der Waals surface area contributed by atoms with E-state index in [1.807, 2.05) is 12.1 Å². The Morgan fingerprint density at radius 3 is 2.29 bits per heavy atom. The molecule has 0 aromatic heterocycles. The third kappa shape index (κ3) is 4.53. The summed E-state index contributed by atoms with van der Waals surface area (Å²) < 4.78 is 16.8. The van der Waals surface area contributed by atoms with E-state index in [1.54, 1.807) is 14.2 Å². The monoisotopic (exact) mass is 293 g/mol. The van der Waals surface area contributed by atoms with Crippen LogP contribution in [0.1, 0.15) is 38.2 Å². The highest BCUT2D eigenvalue weighted by molar-refractivity contribution is 5.54. The van der Waals surface area contributed by atoms with Crippen molar-refractivity contribution in [3.63, 3.8) is 0 Å². The summed E-state index contributed by atoms with van der Waals surface area (Å²) in [6, 6.07) is 4.16. The topological polar surface area (TPSA) is 53.7 Å². The van der Waals surface area contributed by atoms with Gasteiger partial charge in [-0.1, -0.05) is 19.8 Å². The molecular weight excluding hydrogens is 266 g/mol. The van der Waals surface area contributed by atoms with Gasteiger partial charge in [0, 0.05) is 6.04 Å². The Labute approximate surface area is 127 Å². The molecule has 0 amide bonds. The number of methoxy groups -OCH3 is 2. The fourth-order valence-corrected chi connectivity index (χ4v) is 2.38. The minimum atomic E-state index is 0.154. The molecule has 1 aliphatic carbocycles. The van der Waals surface area contributed by atoms with Crippen LogP contribution in [0.3, 0.4) is 0 Å². The van der Waals surface area contributed by atoms with Gasteiger partial charge in [0.1, 0.15) is 0 Å². The minimum Gasteiger partial charge on any atom is -0.493 e. The summed E-state index contributed by atoms with van der Waals surface area (Å²) in [6.07, 6.45) is 5.54. The van der Waals surface area contributed by atoms with Crippen LogP contribution in [0.25, 0.3) is 0 Å². The second-order valence-corrected chi connectivity index (χ2v) is 5.78. The van der Waals surface area contributed by atoms with Crippen molar-refractivity contribution in [2.75, 3.05) is 20.8 Å². The second-order valence-electron chi connectivity index (χ2n) is 5.78. The highest BCUT2D eigenvalue weighted by atomic mass is 16.5. The van der Waals surface area contributed by atoms with Crippen LogP contribution in [0.5, 0.6) is 17.2 Å². The molecule has 4 nitrogen and oxygen atoms in total. The van der Waals surface area contributed by atoms with E-state index >= 15 is 0 Å². The molecule has 118 valence electrons. The van der Waals surface area contributed by atoms with Crippen molar-refractivity contribution >= 4 is 0 Å². The van der Waals surface area contributed by atoms with Crippen LogP contribution in [0.15, 0.2) is 12.1 Å². The lowest BCUT2D eigenvalue weighted by Crippen LogP contribution is -2.21. The van der Waals surface area contributed by atoms with Crippen LogP contribution in [0.4, 0.5) is 0 Å². The van der Waals surface area contributed by atoms with Gasteiger partial charge >= 0.3 is 0 Å². The Balaban J connectivity index is 2.12. The van der Waals surface area contributed by atoms with Crippen LogP contribution in [-0.4, -0.2) is 26.9 Å². The maximum atomic E-state index is 6.03. The second kappa shape index (κ2) is 7.55. The molecule has 1 saturated carbocycles. The molecule has 21 heavy (non-hydrogen) atoms. The molecule has 0 radical (unpaired) electrons. The van der Waals surface area contributed by atoms with Crippen LogP contribution >= 0.6 is 0 Å². The van der Waals surface area contributed by atoms with E-state index in [1.165, 1.54) is 12.8 Å². The molecule has 0 spiro atoms. The van der Waals surface area contributed by atoms with E-state index < -0.39 is 0 Å². The smallest absolute Gasteiger partial charge is 0.203 e. The van der Waals surface area contributed by atoms with Gasteiger partial charge in [0.15, 0.2) is 11.5 Å². The zero-order chi connectivity index (χ0) is 15.2. The zero-order valence-electron chi connectivity index (χ0n) is 13.4. The standard InChI is InChI=1S/C17H27NO3/c1-4-14(18)9-13-10-15(19-2)17(16(11-13)20-3)21-8-7-12-5-6-12/h10-12,14H,4-9,18H2,1-3H3. The van der Waals surface area contributed by atoms with Crippen LogP contribution in [0.2, 0.25) is 0 Å². The summed E-state index contributed by atoms with van der Waals surface area (Å²) in [5, 5.41) is 0. The van der Waals surface area contributed by atoms with E-state index in [9.17, 15) is 0 Å². The SMILES string of the molecule is CCC(N)Cc1cc(OC)c(OCCC2CC2)c(OC)c1. The van der Waals surface area contributed by atoms with E-state index in [4.69, 9.17) is 19.9 Å². The van der Waals surface area contributed by atoms with Gasteiger partial charge in [-0.05, 0) is 42.9 Å². The molecule has 1 aliphatic rings. The van der Waals surface area contributed by atoms with E-state index in [2.05, 4.69) is 6.92 Å². The van der Waals surface area contributed by atoms with Crippen molar-refractivity contribution in [1.29, 1.82) is 0 Å². The fraction of sp³-hybridized carbons (Fsp3) is 0.647. The first kappa shape index (κ1) is 16.0. The summed E-state index contributed by atoms with van der Waals surface area (Å²) in [4.78, 5) is 0. The minimum absolute atomic E-state index is 0.154. The first-order valence-corrected chi connectivity index (χ1v) is 7.81. The third-order valence-electron chi connectivity index (χ3n) is 4.01. The van der Waals surface area contributed by atoms with Gasteiger partial charge in [-0.25, -0.2) is 0 Å². The van der Waals surface area contributed by atoms with E-state index in [-0.39, 0.29) is 6.04 Å². The number of ether oxygens (including phenoxy) is 3. The lowest BCUT2D eigenvalue weighted by molar-refractivity contribution is 0.265. The number of hydrogen-bond acceptors (Lipinski definition) is 4. The molecule has 2 N–H and O–H groups in total. The van der Waals surface area contributed by atoms with Gasteiger partial charge in [-0.3, -0.25) is 0 Å². The largest absolute Gasteiger partial charge is 0.493 e. The summed E-state index contributed by atoms with van der Waals surface area (Å²) in [7, 11) is 3.32. The molecule has 1 aromatic rings. The molecular formula is C17H27NO3. The van der Waals surface area contributed by atoms with Crippen molar-refractivity contribution in [1.82, 2.24) is 0 Å². The maximum absolute atomic E-state index is 6.03. The van der Waals surface area contributed by atoms with E-state index in [0.29, 0.717) is 12.4 Å². The molecule has 1 aromatic carbocycles. The average Bonchev–Trinajstić information content (AvgIpc) is 3.31. The highest BCUT2D eigenvalue weighted by Crippen LogP contribution is 2.40. The quantitative estimate of drug-likeness (QED) is 0.760. The predicted octanol–water partition coefficient (Wildman–Crippen LogP) is 3.16. The Kier molecular flexibility index (Phi) is 5.74. The van der Waals surface area contributed by atoms with Crippen molar-refractivity contribution < 1.29 is 14.2 Å². The lowest BCUT2D eigenvalue weighted by Gasteiger charge is -2.17. The van der Waals surface area contributed by atoms with Crippen LogP contribution in [0, 0.1) is 5.92 Å². The van der Waals surface area contributed by atoms with Gasteiger partial charge in [0.05, 0.1) is 20.8 Å². The van der Waals surface area contributed by atoms with Crippen molar-refractivity contribution in [3.05, 3.63) is 17.7 Å². The van der Waals surface area contributed by atoms with Crippen molar-refractivity contribution in [2.24, 2.45) is 11.7 Å². The van der Waals surface area contributed by atoms with Gasteiger partial charge in [-0.2, -0.15) is 0 Å². The molecule has 0 aliphatic heterocycles. The summed E-state index contributed by atoms with van der Waals surface area (Å²) in [5.74, 6) is 3.00. The molecule has 0 bridgehead atoms. The first-order chi connectivity index (χ1) is 10.2. The van der Waals surface area contributed by atoms with Crippen molar-refractivity contribution in [2.45, 2.75) is 45.1 Å². The normalized spacial score (nSPS) is 15.6.